The molecule has 34 heavy (non-hydrogen) atoms. The van der Waals surface area contributed by atoms with Gasteiger partial charge in [-0.3, -0.25) is 4.79 Å². The number of pyridine rings is 1. The smallest absolute Gasteiger partial charge is 0.337 e. The minimum atomic E-state index is -0.824. The van der Waals surface area contributed by atoms with E-state index in [-0.39, 0.29) is 17.7 Å². The maximum Gasteiger partial charge on any atom is 0.337 e. The molecule has 1 fully saturated rings. The fourth-order valence-electron chi connectivity index (χ4n) is 4.85. The van der Waals surface area contributed by atoms with Gasteiger partial charge >= 0.3 is 5.97 Å². The summed E-state index contributed by atoms with van der Waals surface area (Å²) in [5.41, 5.74) is 3.88. The van der Waals surface area contributed by atoms with Crippen LogP contribution in [0.4, 0.5) is 0 Å². The van der Waals surface area contributed by atoms with E-state index in [2.05, 4.69) is 10.3 Å². The van der Waals surface area contributed by atoms with Gasteiger partial charge in [-0.2, -0.15) is 0 Å². The molecule has 5 nitrogen and oxygen atoms in total. The van der Waals surface area contributed by atoms with E-state index in [0.717, 1.165) is 45.6 Å². The molecule has 2 aliphatic rings. The summed E-state index contributed by atoms with van der Waals surface area (Å²) in [5, 5.41) is 6.43. The summed E-state index contributed by atoms with van der Waals surface area (Å²) in [6.45, 7) is 7.30. The Labute approximate surface area is 203 Å². The third-order valence-electron chi connectivity index (χ3n) is 6.69. The average molecular weight is 473 g/mol. The summed E-state index contributed by atoms with van der Waals surface area (Å²) in [4.78, 5) is 32.3. The molecule has 174 valence electrons. The van der Waals surface area contributed by atoms with Gasteiger partial charge in [0.1, 0.15) is 10.4 Å². The van der Waals surface area contributed by atoms with E-state index in [0.29, 0.717) is 11.1 Å². The number of benzene rings is 1. The van der Waals surface area contributed by atoms with Crippen molar-refractivity contribution in [2.75, 3.05) is 0 Å². The van der Waals surface area contributed by atoms with Crippen molar-refractivity contribution in [3.63, 3.8) is 0 Å². The topological polar surface area (TPSA) is 68.3 Å². The molecule has 0 amide bonds. The molecule has 6 heteroatoms. The summed E-state index contributed by atoms with van der Waals surface area (Å²) in [7, 11) is 0. The number of carbonyl (C=O) groups excluding carboxylic acids is 2. The number of ether oxygens (including phenoxy) is 1. The lowest BCUT2D eigenvalue weighted by Crippen LogP contribution is -2.35. The van der Waals surface area contributed by atoms with Crippen molar-refractivity contribution in [3.05, 3.63) is 87.7 Å². The van der Waals surface area contributed by atoms with E-state index >= 15 is 0 Å². The summed E-state index contributed by atoms with van der Waals surface area (Å²) in [6.07, 6.45) is 3.80. The summed E-state index contributed by atoms with van der Waals surface area (Å²) in [6, 6.07) is 13.7. The molecule has 2 aromatic heterocycles. The van der Waals surface area contributed by atoms with Gasteiger partial charge < -0.3 is 10.1 Å². The number of esters is 1. The number of hydrogen-bond donors (Lipinski definition) is 1. The number of rotatable bonds is 6. The third-order valence-corrected chi connectivity index (χ3v) is 7.61. The van der Waals surface area contributed by atoms with Crippen LogP contribution in [0.2, 0.25) is 0 Å². The van der Waals surface area contributed by atoms with E-state index in [4.69, 9.17) is 4.74 Å². The molecule has 1 atom stereocenters. The van der Waals surface area contributed by atoms with Gasteiger partial charge in [0.2, 0.25) is 0 Å². The first-order valence-electron chi connectivity index (χ1n) is 11.6. The highest BCUT2D eigenvalue weighted by atomic mass is 32.1. The van der Waals surface area contributed by atoms with Crippen molar-refractivity contribution in [2.45, 2.75) is 52.1 Å². The lowest BCUT2D eigenvalue weighted by Gasteiger charge is -2.34. The van der Waals surface area contributed by atoms with Crippen molar-refractivity contribution < 1.29 is 14.3 Å². The molecule has 5 rings (SSSR count). The van der Waals surface area contributed by atoms with Crippen molar-refractivity contribution in [1.29, 1.82) is 0 Å². The number of aromatic nitrogens is 1. The molecular formula is C28H28N2O3S. The number of carbonyl (C=O) groups is 2. The van der Waals surface area contributed by atoms with Gasteiger partial charge in [-0.1, -0.05) is 36.4 Å². The molecule has 1 aromatic carbocycles. The van der Waals surface area contributed by atoms with Crippen LogP contribution in [0.1, 0.15) is 57.6 Å². The normalized spacial score (nSPS) is 18.8. The summed E-state index contributed by atoms with van der Waals surface area (Å²) in [5.74, 6) is -0.661. The summed E-state index contributed by atoms with van der Waals surface area (Å²) < 4.78 is 6.19. The standard InChI is InChI=1S/C28H28N2O3S/c1-16-22(17(2)31)23(21-15-34-26-20(21)11-8-14-29-26)24(25(30-16)18-12-13-18)27(32)33-28(3,4)19-9-6-5-7-10-19/h5-11,14-15,18,23,30H,12-13H2,1-4H3. The highest BCUT2D eigenvalue weighted by Crippen LogP contribution is 2.48. The first-order valence-corrected chi connectivity index (χ1v) is 12.5. The average Bonchev–Trinajstić information content (AvgIpc) is 3.57. The fraction of sp³-hybridized carbons (Fsp3) is 0.321. The third kappa shape index (κ3) is 3.96. The number of dihydropyridines is 1. The Hall–Kier alpha value is -3.25. The molecule has 3 aromatic rings. The first kappa shape index (κ1) is 22.5. The number of ketones is 1. The van der Waals surface area contributed by atoms with Crippen molar-refractivity contribution in [1.82, 2.24) is 10.3 Å². The second-order valence-corrected chi connectivity index (χ2v) is 10.4. The number of nitrogens with one attached hydrogen (secondary N) is 1. The zero-order valence-electron chi connectivity index (χ0n) is 19.8. The van der Waals surface area contributed by atoms with E-state index in [1.165, 1.54) is 11.3 Å². The number of thiophene rings is 1. The van der Waals surface area contributed by atoms with Crippen LogP contribution in [0.3, 0.4) is 0 Å². The Kier molecular flexibility index (Phi) is 5.64. The van der Waals surface area contributed by atoms with Crippen LogP contribution >= 0.6 is 11.3 Å². The molecule has 0 saturated heterocycles. The largest absolute Gasteiger partial charge is 0.451 e. The van der Waals surface area contributed by atoms with Crippen LogP contribution in [0.25, 0.3) is 10.2 Å². The van der Waals surface area contributed by atoms with Crippen LogP contribution in [-0.2, 0) is 19.9 Å². The Morgan fingerprint density at radius 1 is 1.09 bits per heavy atom. The van der Waals surface area contributed by atoms with Gasteiger partial charge in [-0.25, -0.2) is 9.78 Å². The van der Waals surface area contributed by atoms with Gasteiger partial charge in [0.15, 0.2) is 5.78 Å². The molecule has 0 radical (unpaired) electrons. The molecule has 1 N–H and O–H groups in total. The number of Topliss-reactive ketones (excluding diaryl/α,β-unsaturated/α-hetero) is 1. The van der Waals surface area contributed by atoms with Crippen LogP contribution in [0.15, 0.2) is 76.6 Å². The number of fused-ring (bicyclic) bond motifs is 1. The zero-order chi connectivity index (χ0) is 24.0. The Morgan fingerprint density at radius 3 is 2.50 bits per heavy atom. The van der Waals surface area contributed by atoms with E-state index in [1.54, 1.807) is 13.1 Å². The Balaban J connectivity index is 1.66. The van der Waals surface area contributed by atoms with Gasteiger partial charge in [-0.05, 0) is 69.0 Å². The minimum absolute atomic E-state index is 0.0549. The number of hydrogen-bond acceptors (Lipinski definition) is 6. The molecule has 1 aliphatic carbocycles. The molecule has 0 spiro atoms. The monoisotopic (exact) mass is 472 g/mol. The van der Waals surface area contributed by atoms with Crippen LogP contribution in [0.5, 0.6) is 0 Å². The highest BCUT2D eigenvalue weighted by Gasteiger charge is 2.43. The molecule has 1 saturated carbocycles. The van der Waals surface area contributed by atoms with Crippen molar-refractivity contribution in [2.24, 2.45) is 5.92 Å². The maximum absolute atomic E-state index is 14.0. The van der Waals surface area contributed by atoms with Crippen molar-refractivity contribution in [3.8, 4) is 0 Å². The van der Waals surface area contributed by atoms with Crippen LogP contribution in [0, 0.1) is 5.92 Å². The van der Waals surface area contributed by atoms with E-state index < -0.39 is 11.5 Å². The maximum atomic E-state index is 14.0. The number of nitrogens with zero attached hydrogens (tertiary/aromatic N) is 1. The lowest BCUT2D eigenvalue weighted by molar-refractivity contribution is -0.152. The van der Waals surface area contributed by atoms with E-state index in [1.807, 2.05) is 68.6 Å². The van der Waals surface area contributed by atoms with Gasteiger partial charge in [-0.15, -0.1) is 11.3 Å². The van der Waals surface area contributed by atoms with Gasteiger partial charge in [0, 0.05) is 34.5 Å². The Morgan fingerprint density at radius 2 is 1.82 bits per heavy atom. The Bertz CT molecular complexity index is 1350. The molecule has 1 aliphatic heterocycles. The van der Waals surface area contributed by atoms with Gasteiger partial charge in [0.05, 0.1) is 5.57 Å². The highest BCUT2D eigenvalue weighted by molar-refractivity contribution is 7.16. The summed E-state index contributed by atoms with van der Waals surface area (Å²) >= 11 is 1.53. The molecule has 3 heterocycles. The zero-order valence-corrected chi connectivity index (χ0v) is 20.7. The van der Waals surface area contributed by atoms with Crippen LogP contribution < -0.4 is 5.32 Å². The predicted octanol–water partition coefficient (Wildman–Crippen LogP) is 5.99. The quantitative estimate of drug-likeness (QED) is 0.447. The SMILES string of the molecule is CC(=O)C1=C(C)NC(C2CC2)=C(C(=O)OC(C)(C)c2ccccc2)C1c1csc2ncccc12. The first-order chi connectivity index (χ1) is 16.3. The van der Waals surface area contributed by atoms with Gasteiger partial charge in [0.25, 0.3) is 0 Å². The van der Waals surface area contributed by atoms with E-state index in [9.17, 15) is 9.59 Å². The lowest BCUT2D eigenvalue weighted by atomic mass is 9.78. The molecule has 0 bridgehead atoms. The number of allylic oxidation sites excluding steroid dienone is 3. The second kappa shape index (κ2) is 8.51. The minimum Gasteiger partial charge on any atom is -0.451 e. The van der Waals surface area contributed by atoms with Crippen molar-refractivity contribution >= 4 is 33.3 Å². The van der Waals surface area contributed by atoms with Crippen LogP contribution in [-0.4, -0.2) is 16.7 Å². The fourth-order valence-corrected chi connectivity index (χ4v) is 5.79. The molecular weight excluding hydrogens is 444 g/mol. The molecule has 1 unspecified atom stereocenters. The second-order valence-electron chi connectivity index (χ2n) is 9.57. The predicted molar refractivity (Wildman–Crippen MR) is 134 cm³/mol.